The molecule has 56 heavy (non-hydrogen) atoms. The maximum absolute atomic E-state index is 12.2. The second-order valence-corrected chi connectivity index (χ2v) is 19.3. The van der Waals surface area contributed by atoms with Crippen molar-refractivity contribution >= 4 is 60.4 Å². The molecule has 1 aliphatic rings. The summed E-state index contributed by atoms with van der Waals surface area (Å²) in [4.78, 5) is 12.6. The van der Waals surface area contributed by atoms with Gasteiger partial charge in [-0.2, -0.15) is 0 Å². The number of aromatic nitrogens is 2. The van der Waals surface area contributed by atoms with Gasteiger partial charge < -0.3 is 10.0 Å². The van der Waals surface area contributed by atoms with Crippen LogP contribution in [0.4, 0.5) is 17.2 Å². The molecule has 8 aromatic rings. The van der Waals surface area contributed by atoms with Crippen molar-refractivity contribution in [3.63, 3.8) is 0 Å². The van der Waals surface area contributed by atoms with Crippen LogP contribution in [0.15, 0.2) is 97.2 Å². The van der Waals surface area contributed by atoms with Gasteiger partial charge in [-0.25, -0.2) is 4.98 Å². The standard InChI is InChI=1S/C51H50N3O.Pt/c1-48(2,3)31-21-22-52-43(26-31)54-41-18-13-12-17-37(41)51(10,11)38-20-19-29(24-42(38)54)40-28-36-34-25-32(49(4,5)6)23-30-15-14-16-33(44(30)34)35-27-39(50(7,8)9)47(55)46(53-40)45(35)36;/h12-23,25-28,55H,1-11H3;/q-1;. The van der Waals surface area contributed by atoms with E-state index in [1.807, 2.05) is 6.20 Å². The Bertz CT molecular complexity index is 2870. The van der Waals surface area contributed by atoms with Gasteiger partial charge in [0, 0.05) is 43.9 Å². The van der Waals surface area contributed by atoms with Crippen LogP contribution in [0, 0.1) is 6.07 Å². The minimum Gasteiger partial charge on any atom is -0.505 e. The van der Waals surface area contributed by atoms with Crippen LogP contribution < -0.4 is 4.90 Å². The Hall–Kier alpha value is -4.79. The van der Waals surface area contributed by atoms with Crippen molar-refractivity contribution in [1.82, 2.24) is 9.97 Å². The summed E-state index contributed by atoms with van der Waals surface area (Å²) in [6.45, 7) is 24.6. The molecule has 3 heterocycles. The van der Waals surface area contributed by atoms with Crippen molar-refractivity contribution < 1.29 is 26.2 Å². The number of anilines is 3. The minimum atomic E-state index is -0.303. The van der Waals surface area contributed by atoms with E-state index in [4.69, 9.17) is 9.97 Å². The largest absolute Gasteiger partial charge is 0.505 e. The van der Waals surface area contributed by atoms with E-state index in [2.05, 4.69) is 178 Å². The second kappa shape index (κ2) is 12.6. The number of rotatable bonds is 2. The van der Waals surface area contributed by atoms with Crippen molar-refractivity contribution in [3.05, 3.63) is 131 Å². The van der Waals surface area contributed by atoms with Gasteiger partial charge in [-0.3, -0.25) is 4.98 Å². The van der Waals surface area contributed by atoms with Gasteiger partial charge in [-0.1, -0.05) is 130 Å². The number of para-hydroxylation sites is 1. The minimum absolute atomic E-state index is 0. The Kier molecular flexibility index (Phi) is 8.58. The molecule has 0 radical (unpaired) electrons. The predicted octanol–water partition coefficient (Wildman–Crippen LogP) is 13.7. The first-order valence-corrected chi connectivity index (χ1v) is 19.6. The van der Waals surface area contributed by atoms with Crippen LogP contribution in [0.1, 0.15) is 104 Å². The molecule has 1 N–H and O–H groups in total. The third kappa shape index (κ3) is 5.74. The number of benzene rings is 6. The smallest absolute Gasteiger partial charge is 0.144 e. The van der Waals surface area contributed by atoms with E-state index in [-0.39, 0.29) is 48.5 Å². The third-order valence-corrected chi connectivity index (χ3v) is 12.0. The van der Waals surface area contributed by atoms with Gasteiger partial charge in [0.2, 0.25) is 0 Å². The van der Waals surface area contributed by atoms with Crippen LogP contribution in [0.3, 0.4) is 0 Å². The maximum Gasteiger partial charge on any atom is 0.144 e. The van der Waals surface area contributed by atoms with Crippen LogP contribution in [-0.4, -0.2) is 15.1 Å². The quantitative estimate of drug-likeness (QED) is 0.107. The number of pyridine rings is 2. The molecule has 5 heteroatoms. The number of aromatic hydroxyl groups is 1. The second-order valence-electron chi connectivity index (χ2n) is 19.3. The summed E-state index contributed by atoms with van der Waals surface area (Å²) >= 11 is 0. The van der Waals surface area contributed by atoms with Gasteiger partial charge >= 0.3 is 0 Å². The van der Waals surface area contributed by atoms with Crippen LogP contribution in [-0.2, 0) is 42.7 Å². The van der Waals surface area contributed by atoms with Crippen molar-refractivity contribution in [2.24, 2.45) is 0 Å². The van der Waals surface area contributed by atoms with E-state index in [0.717, 1.165) is 50.2 Å². The molecule has 0 bridgehead atoms. The molecule has 1 aliphatic heterocycles. The number of phenolic OH excluding ortho intramolecular Hbond substituents is 1. The normalized spacial score (nSPS) is 14.4. The summed E-state index contributed by atoms with van der Waals surface area (Å²) in [5.41, 5.74) is 9.47. The molecule has 286 valence electrons. The van der Waals surface area contributed by atoms with Crippen molar-refractivity contribution in [2.45, 2.75) is 97.8 Å². The summed E-state index contributed by atoms with van der Waals surface area (Å²) in [5.74, 6) is 1.11. The zero-order valence-corrected chi connectivity index (χ0v) is 36.6. The molecule has 9 rings (SSSR count). The predicted molar refractivity (Wildman–Crippen MR) is 232 cm³/mol. The number of nitrogens with zero attached hydrogens (tertiary/aromatic N) is 3. The Labute approximate surface area is 345 Å². The maximum atomic E-state index is 12.2. The number of hydrogen-bond acceptors (Lipinski definition) is 4. The fraction of sp³-hybridized carbons (Fsp3) is 0.294. The summed E-state index contributed by atoms with van der Waals surface area (Å²) in [7, 11) is 0. The van der Waals surface area contributed by atoms with Gasteiger partial charge in [0.1, 0.15) is 17.1 Å². The van der Waals surface area contributed by atoms with Crippen LogP contribution in [0.2, 0.25) is 0 Å². The molecule has 0 saturated heterocycles. The Morgan fingerprint density at radius 2 is 1.34 bits per heavy atom. The zero-order chi connectivity index (χ0) is 39.0. The summed E-state index contributed by atoms with van der Waals surface area (Å²) < 4.78 is 0. The van der Waals surface area contributed by atoms with E-state index in [9.17, 15) is 5.11 Å². The molecular weight excluding hydrogens is 866 g/mol. The Morgan fingerprint density at radius 1 is 0.643 bits per heavy atom. The Balaban J connectivity index is 0.00000441. The first-order chi connectivity index (χ1) is 25.8. The molecule has 0 fully saturated rings. The molecule has 0 atom stereocenters. The van der Waals surface area contributed by atoms with Gasteiger partial charge in [-0.05, 0) is 112 Å². The number of hydrogen-bond donors (Lipinski definition) is 1. The van der Waals surface area contributed by atoms with Gasteiger partial charge in [0.15, 0.2) is 0 Å². The number of fused-ring (bicyclic) bond motifs is 4. The van der Waals surface area contributed by atoms with E-state index in [1.165, 1.54) is 43.8 Å². The van der Waals surface area contributed by atoms with E-state index < -0.39 is 0 Å². The summed E-state index contributed by atoms with van der Waals surface area (Å²) in [5, 5.41) is 20.3. The monoisotopic (exact) mass is 915 g/mol. The Morgan fingerprint density at radius 3 is 2.05 bits per heavy atom. The topological polar surface area (TPSA) is 49.2 Å². The van der Waals surface area contributed by atoms with Gasteiger partial charge in [-0.15, -0.1) is 23.8 Å². The van der Waals surface area contributed by atoms with E-state index in [1.54, 1.807) is 0 Å². The van der Waals surface area contributed by atoms with Crippen molar-refractivity contribution in [3.8, 4) is 17.0 Å². The molecule has 0 aliphatic carbocycles. The molecule has 0 saturated carbocycles. The van der Waals surface area contributed by atoms with Gasteiger partial charge in [0.25, 0.3) is 0 Å². The van der Waals surface area contributed by atoms with E-state index in [0.29, 0.717) is 5.52 Å². The third-order valence-electron chi connectivity index (χ3n) is 12.0. The first kappa shape index (κ1) is 38.1. The fourth-order valence-corrected chi connectivity index (χ4v) is 8.85. The average molecular weight is 916 g/mol. The van der Waals surface area contributed by atoms with Crippen LogP contribution in [0.25, 0.3) is 54.5 Å². The molecule has 0 unspecified atom stereocenters. The first-order valence-electron chi connectivity index (χ1n) is 19.6. The molecule has 0 spiro atoms. The van der Waals surface area contributed by atoms with Crippen molar-refractivity contribution in [1.29, 1.82) is 0 Å². The molecular formula is C51H50N3OPt-. The zero-order valence-electron chi connectivity index (χ0n) is 34.3. The van der Waals surface area contributed by atoms with Gasteiger partial charge in [0.05, 0.1) is 0 Å². The molecule has 6 aromatic carbocycles. The average Bonchev–Trinajstić information content (AvgIpc) is 3.13. The number of phenols is 1. The molecule has 4 nitrogen and oxygen atoms in total. The van der Waals surface area contributed by atoms with Crippen molar-refractivity contribution in [2.75, 3.05) is 4.90 Å². The molecule has 2 aromatic heterocycles. The van der Waals surface area contributed by atoms with E-state index >= 15 is 0 Å². The fourth-order valence-electron chi connectivity index (χ4n) is 8.85. The van der Waals surface area contributed by atoms with Crippen LogP contribution in [0.5, 0.6) is 5.75 Å². The van der Waals surface area contributed by atoms with Crippen LogP contribution >= 0.6 is 0 Å². The molecule has 0 amide bonds. The summed E-state index contributed by atoms with van der Waals surface area (Å²) in [6.07, 6.45) is 1.93. The summed E-state index contributed by atoms with van der Waals surface area (Å²) in [6, 6.07) is 37.1. The SMILES string of the molecule is CC(C)(C)c1ccnc(N2c3[c-]c(-c4cc5c6cc(C(C)(C)C)cc7cccc(c8cc(C(C)(C)C)c(O)c(n4)c58)c76)ccc3C(C)(C)c3ccccc32)c1.[Pt].